The summed E-state index contributed by atoms with van der Waals surface area (Å²) in [7, 11) is 0. The molecular formula is C16H21FN2O3. The molecule has 5 nitrogen and oxygen atoms in total. The summed E-state index contributed by atoms with van der Waals surface area (Å²) in [5.74, 6) is -1.24. The second-order valence-electron chi connectivity index (χ2n) is 5.82. The first kappa shape index (κ1) is 16.4. The number of likely N-dealkylation sites (tertiary alicyclic amines) is 1. The lowest BCUT2D eigenvalue weighted by Crippen LogP contribution is -2.37. The molecule has 2 unspecified atom stereocenters. The summed E-state index contributed by atoms with van der Waals surface area (Å²) < 4.78 is 13.5. The highest BCUT2D eigenvalue weighted by Gasteiger charge is 2.35. The average Bonchev–Trinajstić information content (AvgIpc) is 2.87. The van der Waals surface area contributed by atoms with Crippen molar-refractivity contribution >= 4 is 11.8 Å². The van der Waals surface area contributed by atoms with Gasteiger partial charge in [0.2, 0.25) is 11.8 Å². The van der Waals surface area contributed by atoms with Crippen molar-refractivity contribution in [3.8, 4) is 0 Å². The number of nitrogens with one attached hydrogen (secondary N) is 1. The lowest BCUT2D eigenvalue weighted by atomic mass is 10.1. The van der Waals surface area contributed by atoms with Gasteiger partial charge in [0.25, 0.3) is 0 Å². The largest absolute Gasteiger partial charge is 0.386 e. The monoisotopic (exact) mass is 308 g/mol. The number of benzene rings is 1. The number of halogens is 1. The molecule has 2 N–H and O–H groups in total. The topological polar surface area (TPSA) is 69.6 Å². The van der Waals surface area contributed by atoms with Crippen molar-refractivity contribution in [2.24, 2.45) is 5.92 Å². The van der Waals surface area contributed by atoms with E-state index in [0.29, 0.717) is 6.54 Å². The Morgan fingerprint density at radius 2 is 2.14 bits per heavy atom. The lowest BCUT2D eigenvalue weighted by Gasteiger charge is -2.21. The van der Waals surface area contributed by atoms with Gasteiger partial charge in [-0.3, -0.25) is 9.59 Å². The average molecular weight is 308 g/mol. The first-order valence-corrected chi connectivity index (χ1v) is 7.39. The lowest BCUT2D eigenvalue weighted by molar-refractivity contribution is -0.130. The van der Waals surface area contributed by atoms with Gasteiger partial charge in [-0.2, -0.15) is 0 Å². The maximum absolute atomic E-state index is 13.5. The minimum Gasteiger partial charge on any atom is -0.386 e. The molecular weight excluding hydrogens is 287 g/mol. The number of amides is 2. The zero-order chi connectivity index (χ0) is 16.3. The van der Waals surface area contributed by atoms with Crippen LogP contribution in [0.15, 0.2) is 24.3 Å². The fraction of sp³-hybridized carbons (Fsp3) is 0.500. The Balaban J connectivity index is 1.88. The normalized spacial score (nSPS) is 19.6. The van der Waals surface area contributed by atoms with Crippen LogP contribution < -0.4 is 5.32 Å². The van der Waals surface area contributed by atoms with Gasteiger partial charge in [-0.05, 0) is 19.9 Å². The highest BCUT2D eigenvalue weighted by atomic mass is 19.1. The van der Waals surface area contributed by atoms with Crippen molar-refractivity contribution < 1.29 is 19.1 Å². The molecule has 0 aromatic heterocycles. The zero-order valence-electron chi connectivity index (χ0n) is 12.8. The number of aliphatic hydroxyl groups is 1. The second-order valence-corrected chi connectivity index (χ2v) is 5.82. The van der Waals surface area contributed by atoms with E-state index in [0.717, 1.165) is 0 Å². The van der Waals surface area contributed by atoms with Gasteiger partial charge in [0, 0.05) is 31.1 Å². The molecule has 6 heteroatoms. The molecule has 2 amide bonds. The molecule has 22 heavy (non-hydrogen) atoms. The first-order chi connectivity index (χ1) is 10.4. The molecule has 120 valence electrons. The van der Waals surface area contributed by atoms with Crippen LogP contribution in [0.25, 0.3) is 0 Å². The number of aliphatic hydroxyl groups excluding tert-OH is 1. The van der Waals surface area contributed by atoms with Crippen LogP contribution in [0.4, 0.5) is 4.39 Å². The number of hydrogen-bond acceptors (Lipinski definition) is 3. The summed E-state index contributed by atoms with van der Waals surface area (Å²) in [6, 6.07) is 5.96. The number of hydrogen-bond donors (Lipinski definition) is 2. The van der Waals surface area contributed by atoms with E-state index < -0.39 is 17.8 Å². The van der Waals surface area contributed by atoms with Crippen molar-refractivity contribution in [3.05, 3.63) is 35.6 Å². The standard InChI is InChI=1S/C16H21FN2O3/c1-10(2)19-9-11(7-15(19)21)16(22)18-8-14(20)12-5-3-4-6-13(12)17/h3-6,10-11,14,20H,7-9H2,1-2H3,(H,18,22). The summed E-state index contributed by atoms with van der Waals surface area (Å²) in [5, 5.41) is 12.5. The first-order valence-electron chi connectivity index (χ1n) is 7.39. The smallest absolute Gasteiger partial charge is 0.225 e. The van der Waals surface area contributed by atoms with Gasteiger partial charge >= 0.3 is 0 Å². The van der Waals surface area contributed by atoms with Crippen LogP contribution in [0.3, 0.4) is 0 Å². The van der Waals surface area contributed by atoms with E-state index in [1.807, 2.05) is 13.8 Å². The number of rotatable bonds is 5. The van der Waals surface area contributed by atoms with E-state index in [1.54, 1.807) is 11.0 Å². The van der Waals surface area contributed by atoms with E-state index in [4.69, 9.17) is 0 Å². The molecule has 0 spiro atoms. The van der Waals surface area contributed by atoms with Crippen LogP contribution in [0.1, 0.15) is 31.9 Å². The van der Waals surface area contributed by atoms with Crippen LogP contribution >= 0.6 is 0 Å². The Bertz CT molecular complexity index is 562. The maximum Gasteiger partial charge on any atom is 0.225 e. The quantitative estimate of drug-likeness (QED) is 0.859. The summed E-state index contributed by atoms with van der Waals surface area (Å²) in [4.78, 5) is 25.5. The number of carbonyl (C=O) groups is 2. The fourth-order valence-electron chi connectivity index (χ4n) is 2.60. The molecule has 1 aliphatic rings. The van der Waals surface area contributed by atoms with Crippen LogP contribution in [0.2, 0.25) is 0 Å². The van der Waals surface area contributed by atoms with Gasteiger partial charge in [0.1, 0.15) is 5.82 Å². The van der Waals surface area contributed by atoms with E-state index in [1.165, 1.54) is 18.2 Å². The minimum absolute atomic E-state index is 0.0372. The third-order valence-corrected chi connectivity index (χ3v) is 3.89. The maximum atomic E-state index is 13.5. The number of nitrogens with zero attached hydrogens (tertiary/aromatic N) is 1. The third-order valence-electron chi connectivity index (χ3n) is 3.89. The predicted octanol–water partition coefficient (Wildman–Crippen LogP) is 1.23. The van der Waals surface area contributed by atoms with Crippen molar-refractivity contribution in [2.45, 2.75) is 32.4 Å². The van der Waals surface area contributed by atoms with Gasteiger partial charge in [0.05, 0.1) is 12.0 Å². The van der Waals surface area contributed by atoms with Gasteiger partial charge in [-0.25, -0.2) is 4.39 Å². The Morgan fingerprint density at radius 3 is 2.73 bits per heavy atom. The van der Waals surface area contributed by atoms with Crippen LogP contribution in [-0.4, -0.2) is 41.0 Å². The second kappa shape index (κ2) is 6.87. The fourth-order valence-corrected chi connectivity index (χ4v) is 2.60. The van der Waals surface area contributed by atoms with E-state index >= 15 is 0 Å². The Hall–Kier alpha value is -1.95. The Labute approximate surface area is 129 Å². The SMILES string of the molecule is CC(C)N1CC(C(=O)NCC(O)c2ccccc2F)CC1=O. The van der Waals surface area contributed by atoms with Crippen molar-refractivity contribution in [1.29, 1.82) is 0 Å². The molecule has 1 aromatic carbocycles. The van der Waals surface area contributed by atoms with Gasteiger partial charge in [0.15, 0.2) is 0 Å². The highest BCUT2D eigenvalue weighted by molar-refractivity contribution is 5.89. The summed E-state index contributed by atoms with van der Waals surface area (Å²) >= 11 is 0. The molecule has 0 aliphatic carbocycles. The molecule has 2 atom stereocenters. The van der Waals surface area contributed by atoms with E-state index in [-0.39, 0.29) is 36.4 Å². The molecule has 2 rings (SSSR count). The molecule has 0 bridgehead atoms. The summed E-state index contributed by atoms with van der Waals surface area (Å²) in [5.41, 5.74) is 0.147. The molecule has 0 radical (unpaired) electrons. The molecule has 0 saturated carbocycles. The summed E-state index contributed by atoms with van der Waals surface area (Å²) in [6.07, 6.45) is -0.928. The Morgan fingerprint density at radius 1 is 1.45 bits per heavy atom. The van der Waals surface area contributed by atoms with E-state index in [9.17, 15) is 19.1 Å². The zero-order valence-corrected chi connectivity index (χ0v) is 12.8. The van der Waals surface area contributed by atoms with Crippen molar-refractivity contribution in [2.75, 3.05) is 13.1 Å². The summed E-state index contributed by atoms with van der Waals surface area (Å²) in [6.45, 7) is 4.12. The van der Waals surface area contributed by atoms with Crippen molar-refractivity contribution in [1.82, 2.24) is 10.2 Å². The molecule has 1 aliphatic heterocycles. The van der Waals surface area contributed by atoms with Crippen LogP contribution in [0.5, 0.6) is 0 Å². The van der Waals surface area contributed by atoms with Crippen LogP contribution in [-0.2, 0) is 9.59 Å². The highest BCUT2D eigenvalue weighted by Crippen LogP contribution is 2.21. The van der Waals surface area contributed by atoms with Gasteiger partial charge < -0.3 is 15.3 Å². The third kappa shape index (κ3) is 3.62. The Kier molecular flexibility index (Phi) is 5.13. The minimum atomic E-state index is -1.11. The molecule has 1 fully saturated rings. The molecule has 1 aromatic rings. The van der Waals surface area contributed by atoms with E-state index in [2.05, 4.69) is 5.32 Å². The molecule has 1 heterocycles. The van der Waals surface area contributed by atoms with Gasteiger partial charge in [-0.15, -0.1) is 0 Å². The van der Waals surface area contributed by atoms with Crippen LogP contribution in [0, 0.1) is 11.7 Å². The predicted molar refractivity (Wildman–Crippen MR) is 79.3 cm³/mol. The van der Waals surface area contributed by atoms with Gasteiger partial charge in [-0.1, -0.05) is 18.2 Å². The molecule has 1 saturated heterocycles. The number of carbonyl (C=O) groups excluding carboxylic acids is 2. The van der Waals surface area contributed by atoms with Crippen molar-refractivity contribution in [3.63, 3.8) is 0 Å².